The van der Waals surface area contributed by atoms with E-state index in [1.807, 2.05) is 0 Å². The van der Waals surface area contributed by atoms with Crippen LogP contribution in [0.1, 0.15) is 16.1 Å². The number of hydrogen-bond acceptors (Lipinski definition) is 5. The van der Waals surface area contributed by atoms with E-state index >= 15 is 0 Å². The summed E-state index contributed by atoms with van der Waals surface area (Å²) in [4.78, 5) is 24.7. The minimum absolute atomic E-state index is 0.0739. The van der Waals surface area contributed by atoms with E-state index in [1.165, 1.54) is 20.2 Å². The maximum atomic E-state index is 11.0. The lowest BCUT2D eigenvalue weighted by atomic mass is 10.2. The van der Waals surface area contributed by atoms with E-state index in [4.69, 9.17) is 0 Å². The third-order valence-electron chi connectivity index (χ3n) is 1.68. The number of rotatable bonds is 2. The molecule has 0 N–H and O–H groups in total. The van der Waals surface area contributed by atoms with E-state index in [0.29, 0.717) is 0 Å². The van der Waals surface area contributed by atoms with E-state index in [9.17, 15) is 14.9 Å². The lowest BCUT2D eigenvalue weighted by Gasteiger charge is -1.99. The van der Waals surface area contributed by atoms with Gasteiger partial charge in [0.15, 0.2) is 0 Å². The molecule has 0 aliphatic heterocycles. The fourth-order valence-corrected chi connectivity index (χ4v) is 0.936. The maximum Gasteiger partial charge on any atom is 0.339 e. The molecule has 6 nitrogen and oxygen atoms in total. The number of hydrogen-bond donors (Lipinski definition) is 0. The average molecular weight is 196 g/mol. The molecular formula is C8H8N2O4. The predicted octanol–water partition coefficient (Wildman–Crippen LogP) is 1.08. The molecule has 1 aromatic heterocycles. The van der Waals surface area contributed by atoms with Gasteiger partial charge in [0.1, 0.15) is 5.69 Å². The summed E-state index contributed by atoms with van der Waals surface area (Å²) in [6.07, 6.45) is 1.24. The van der Waals surface area contributed by atoms with Crippen molar-refractivity contribution in [2.75, 3.05) is 7.11 Å². The summed E-state index contributed by atoms with van der Waals surface area (Å²) < 4.78 is 4.41. The van der Waals surface area contributed by atoms with Gasteiger partial charge in [0, 0.05) is 12.3 Å². The molecule has 0 saturated heterocycles. The summed E-state index contributed by atoms with van der Waals surface area (Å²) in [7, 11) is 1.20. The van der Waals surface area contributed by atoms with Gasteiger partial charge in [-0.15, -0.1) is 0 Å². The number of ether oxygens (including phenoxy) is 1. The van der Waals surface area contributed by atoms with Crippen molar-refractivity contribution in [1.82, 2.24) is 4.98 Å². The molecule has 1 aromatic rings. The number of carbonyl (C=O) groups is 1. The Labute approximate surface area is 79.7 Å². The molecule has 74 valence electrons. The molecule has 14 heavy (non-hydrogen) atoms. The molecule has 0 aliphatic carbocycles. The van der Waals surface area contributed by atoms with Crippen molar-refractivity contribution in [3.63, 3.8) is 0 Å². The van der Waals surface area contributed by atoms with Gasteiger partial charge in [-0.2, -0.15) is 0 Å². The molecule has 1 rings (SSSR count). The molecule has 0 atom stereocenters. The van der Waals surface area contributed by atoms with Gasteiger partial charge in [-0.25, -0.2) is 4.79 Å². The first kappa shape index (κ1) is 10.1. The Morgan fingerprint density at radius 3 is 2.79 bits per heavy atom. The molecule has 0 bridgehead atoms. The van der Waals surface area contributed by atoms with E-state index in [1.54, 1.807) is 0 Å². The Kier molecular flexibility index (Phi) is 2.76. The summed E-state index contributed by atoms with van der Waals surface area (Å²) in [5, 5.41) is 10.5. The second-order valence-electron chi connectivity index (χ2n) is 2.58. The Balaban J connectivity index is 3.19. The standard InChI is InChI=1S/C8H8N2O4/c1-5-7(10(12)13)3-6(4-9-5)8(11)14-2/h3-4H,1-2H3. The van der Waals surface area contributed by atoms with Crippen molar-refractivity contribution in [3.05, 3.63) is 33.6 Å². The molecule has 0 fully saturated rings. The highest BCUT2D eigenvalue weighted by atomic mass is 16.6. The van der Waals surface area contributed by atoms with Crippen molar-refractivity contribution in [3.8, 4) is 0 Å². The minimum Gasteiger partial charge on any atom is -0.465 e. The highest BCUT2D eigenvalue weighted by Crippen LogP contribution is 2.16. The van der Waals surface area contributed by atoms with Crippen LogP contribution >= 0.6 is 0 Å². The van der Waals surface area contributed by atoms with Gasteiger partial charge in [0.05, 0.1) is 17.6 Å². The van der Waals surface area contributed by atoms with Gasteiger partial charge in [0.25, 0.3) is 5.69 Å². The van der Waals surface area contributed by atoms with Crippen LogP contribution in [-0.2, 0) is 4.74 Å². The molecule has 1 heterocycles. The average Bonchev–Trinajstić information content (AvgIpc) is 2.17. The molecular weight excluding hydrogens is 188 g/mol. The van der Waals surface area contributed by atoms with Crippen LogP contribution in [0, 0.1) is 17.0 Å². The molecule has 0 saturated carbocycles. The summed E-state index contributed by atoms with van der Waals surface area (Å²) in [6, 6.07) is 1.15. The van der Waals surface area contributed by atoms with Crippen LogP contribution in [0.4, 0.5) is 5.69 Å². The predicted molar refractivity (Wildman–Crippen MR) is 47.0 cm³/mol. The maximum absolute atomic E-state index is 11.0. The zero-order valence-corrected chi connectivity index (χ0v) is 7.68. The van der Waals surface area contributed by atoms with Gasteiger partial charge >= 0.3 is 5.97 Å². The van der Waals surface area contributed by atoms with Crippen molar-refractivity contribution in [2.45, 2.75) is 6.92 Å². The van der Waals surface area contributed by atoms with Crippen LogP contribution in [0.15, 0.2) is 12.3 Å². The van der Waals surface area contributed by atoms with Crippen LogP contribution in [0.2, 0.25) is 0 Å². The Bertz CT molecular complexity index is 389. The van der Waals surface area contributed by atoms with Crippen LogP contribution in [-0.4, -0.2) is 23.0 Å². The van der Waals surface area contributed by atoms with Gasteiger partial charge in [-0.1, -0.05) is 0 Å². The highest BCUT2D eigenvalue weighted by molar-refractivity contribution is 5.89. The number of pyridine rings is 1. The zero-order valence-electron chi connectivity index (χ0n) is 7.68. The molecule has 0 unspecified atom stereocenters. The fourth-order valence-electron chi connectivity index (χ4n) is 0.936. The normalized spacial score (nSPS) is 9.57. The smallest absolute Gasteiger partial charge is 0.339 e. The first-order valence-electron chi connectivity index (χ1n) is 3.75. The largest absolute Gasteiger partial charge is 0.465 e. The number of aromatic nitrogens is 1. The van der Waals surface area contributed by atoms with Gasteiger partial charge in [-0.05, 0) is 6.92 Å². The van der Waals surface area contributed by atoms with Crippen molar-refractivity contribution >= 4 is 11.7 Å². The lowest BCUT2D eigenvalue weighted by molar-refractivity contribution is -0.385. The molecule has 0 aromatic carbocycles. The first-order chi connectivity index (χ1) is 6.56. The van der Waals surface area contributed by atoms with Crippen molar-refractivity contribution in [2.24, 2.45) is 0 Å². The van der Waals surface area contributed by atoms with E-state index in [-0.39, 0.29) is 16.9 Å². The van der Waals surface area contributed by atoms with Crippen LogP contribution in [0.25, 0.3) is 0 Å². The van der Waals surface area contributed by atoms with E-state index in [2.05, 4.69) is 9.72 Å². The quantitative estimate of drug-likeness (QED) is 0.401. The lowest BCUT2D eigenvalue weighted by Crippen LogP contribution is -2.04. The van der Waals surface area contributed by atoms with Crippen molar-refractivity contribution in [1.29, 1.82) is 0 Å². The topological polar surface area (TPSA) is 82.3 Å². The van der Waals surface area contributed by atoms with Crippen molar-refractivity contribution < 1.29 is 14.5 Å². The van der Waals surface area contributed by atoms with Crippen LogP contribution < -0.4 is 0 Å². The molecule has 6 heteroatoms. The second kappa shape index (κ2) is 3.82. The number of nitro groups is 1. The number of carbonyl (C=O) groups excluding carboxylic acids is 1. The highest BCUT2D eigenvalue weighted by Gasteiger charge is 2.16. The third-order valence-corrected chi connectivity index (χ3v) is 1.68. The second-order valence-corrected chi connectivity index (χ2v) is 2.58. The fraction of sp³-hybridized carbons (Fsp3) is 0.250. The Morgan fingerprint density at radius 2 is 2.29 bits per heavy atom. The molecule has 0 amide bonds. The van der Waals surface area contributed by atoms with Gasteiger partial charge < -0.3 is 4.74 Å². The Hall–Kier alpha value is -1.98. The number of aryl methyl sites for hydroxylation is 1. The third kappa shape index (κ3) is 1.85. The minimum atomic E-state index is -0.638. The monoisotopic (exact) mass is 196 g/mol. The number of esters is 1. The molecule has 0 spiro atoms. The summed E-state index contributed by atoms with van der Waals surface area (Å²) in [5.74, 6) is -0.638. The van der Waals surface area contributed by atoms with Crippen LogP contribution in [0.5, 0.6) is 0 Å². The summed E-state index contributed by atoms with van der Waals surface area (Å²) >= 11 is 0. The number of methoxy groups -OCH3 is 1. The first-order valence-corrected chi connectivity index (χ1v) is 3.75. The summed E-state index contributed by atoms with van der Waals surface area (Å²) in [6.45, 7) is 1.50. The van der Waals surface area contributed by atoms with Gasteiger partial charge in [0.2, 0.25) is 0 Å². The SMILES string of the molecule is COC(=O)c1cnc(C)c([N+](=O)[O-])c1. The summed E-state index contributed by atoms with van der Waals surface area (Å²) in [5.41, 5.74) is 0.153. The van der Waals surface area contributed by atoms with Gasteiger partial charge in [-0.3, -0.25) is 15.1 Å². The zero-order chi connectivity index (χ0) is 10.7. The molecule has 0 aliphatic rings. The van der Waals surface area contributed by atoms with E-state index < -0.39 is 10.9 Å². The van der Waals surface area contributed by atoms with Crippen LogP contribution in [0.3, 0.4) is 0 Å². The molecule has 0 radical (unpaired) electrons. The van der Waals surface area contributed by atoms with E-state index in [0.717, 1.165) is 6.07 Å². The number of nitrogens with zero attached hydrogens (tertiary/aromatic N) is 2. The Morgan fingerprint density at radius 1 is 1.64 bits per heavy atom.